The molecule has 0 saturated heterocycles. The second-order valence-electron chi connectivity index (χ2n) is 5.66. The van der Waals surface area contributed by atoms with E-state index < -0.39 is 0 Å². The number of rotatable bonds is 7. The topological polar surface area (TPSA) is 15.3 Å². The lowest BCUT2D eigenvalue weighted by Crippen LogP contribution is -2.35. The van der Waals surface area contributed by atoms with Crippen molar-refractivity contribution in [3.8, 4) is 0 Å². The highest BCUT2D eigenvalue weighted by Gasteiger charge is 2.33. The zero-order valence-electron chi connectivity index (χ0n) is 11.1. The fraction of sp³-hybridized carbons (Fsp3) is 1.00. The van der Waals surface area contributed by atoms with Gasteiger partial charge in [-0.3, -0.25) is 0 Å². The zero-order chi connectivity index (χ0) is 11.4. The van der Waals surface area contributed by atoms with E-state index in [0.29, 0.717) is 12.1 Å². The molecule has 3 unspecified atom stereocenters. The molecule has 1 aliphatic rings. The van der Waals surface area contributed by atoms with E-state index in [1.165, 1.54) is 19.4 Å². The van der Waals surface area contributed by atoms with Crippen LogP contribution in [0.15, 0.2) is 0 Å². The minimum Gasteiger partial charge on any atom is -0.314 e. The van der Waals surface area contributed by atoms with E-state index in [9.17, 15) is 0 Å². The molecule has 0 bridgehead atoms. The molecule has 0 aliphatic heterocycles. The van der Waals surface area contributed by atoms with Gasteiger partial charge < -0.3 is 10.2 Å². The van der Waals surface area contributed by atoms with E-state index in [4.69, 9.17) is 0 Å². The lowest BCUT2D eigenvalue weighted by atomic mass is 10.2. The van der Waals surface area contributed by atoms with Crippen LogP contribution in [0.2, 0.25) is 0 Å². The summed E-state index contributed by atoms with van der Waals surface area (Å²) in [6.07, 6.45) is 2.71. The van der Waals surface area contributed by atoms with E-state index in [2.05, 4.69) is 45.0 Å². The van der Waals surface area contributed by atoms with Gasteiger partial charge in [0.2, 0.25) is 0 Å². The summed E-state index contributed by atoms with van der Waals surface area (Å²) in [4.78, 5) is 2.52. The van der Waals surface area contributed by atoms with Crippen molar-refractivity contribution in [1.82, 2.24) is 10.2 Å². The fourth-order valence-corrected chi connectivity index (χ4v) is 2.00. The highest BCUT2D eigenvalue weighted by molar-refractivity contribution is 4.85. The number of nitrogens with zero attached hydrogens (tertiary/aromatic N) is 1. The molecule has 0 aromatic rings. The van der Waals surface area contributed by atoms with Crippen LogP contribution in [-0.4, -0.2) is 37.1 Å². The normalized spacial score (nSPS) is 27.4. The molecule has 1 fully saturated rings. The number of nitrogens with one attached hydrogen (secondary N) is 1. The second kappa shape index (κ2) is 5.86. The third kappa shape index (κ3) is 4.98. The molecule has 0 amide bonds. The SMILES string of the molecule is CC(C)NCCC(C)N(C)CC1CC1C. The van der Waals surface area contributed by atoms with Crippen LogP contribution >= 0.6 is 0 Å². The highest BCUT2D eigenvalue weighted by Crippen LogP contribution is 2.38. The van der Waals surface area contributed by atoms with Gasteiger partial charge in [-0.1, -0.05) is 20.8 Å². The predicted molar refractivity (Wildman–Crippen MR) is 67.1 cm³/mol. The van der Waals surface area contributed by atoms with Crippen LogP contribution in [0, 0.1) is 11.8 Å². The summed E-state index contributed by atoms with van der Waals surface area (Å²) in [5.74, 6) is 1.96. The van der Waals surface area contributed by atoms with Crippen LogP contribution in [0.25, 0.3) is 0 Å². The third-order valence-electron chi connectivity index (χ3n) is 3.67. The first-order valence-electron chi connectivity index (χ1n) is 6.44. The zero-order valence-corrected chi connectivity index (χ0v) is 11.1. The first-order valence-corrected chi connectivity index (χ1v) is 6.44. The lowest BCUT2D eigenvalue weighted by molar-refractivity contribution is 0.231. The van der Waals surface area contributed by atoms with Crippen LogP contribution in [-0.2, 0) is 0 Å². The van der Waals surface area contributed by atoms with Gasteiger partial charge in [-0.05, 0) is 45.2 Å². The highest BCUT2D eigenvalue weighted by atomic mass is 15.1. The van der Waals surface area contributed by atoms with E-state index in [1.807, 2.05) is 0 Å². The molecule has 90 valence electrons. The molecule has 0 aromatic heterocycles. The summed E-state index contributed by atoms with van der Waals surface area (Å²) in [5, 5.41) is 3.48. The summed E-state index contributed by atoms with van der Waals surface area (Å²) < 4.78 is 0. The van der Waals surface area contributed by atoms with Gasteiger partial charge in [-0.15, -0.1) is 0 Å². The maximum absolute atomic E-state index is 3.48. The Balaban J connectivity index is 2.07. The maximum Gasteiger partial charge on any atom is 0.00760 e. The molecule has 15 heavy (non-hydrogen) atoms. The average Bonchev–Trinajstić information content (AvgIpc) is 2.80. The van der Waals surface area contributed by atoms with Gasteiger partial charge >= 0.3 is 0 Å². The molecule has 1 rings (SSSR count). The summed E-state index contributed by atoms with van der Waals surface area (Å²) in [5.41, 5.74) is 0. The van der Waals surface area contributed by atoms with E-state index in [-0.39, 0.29) is 0 Å². The minimum atomic E-state index is 0.617. The minimum absolute atomic E-state index is 0.617. The van der Waals surface area contributed by atoms with Crippen molar-refractivity contribution in [3.05, 3.63) is 0 Å². The van der Waals surface area contributed by atoms with Gasteiger partial charge in [0.25, 0.3) is 0 Å². The quantitative estimate of drug-likeness (QED) is 0.697. The van der Waals surface area contributed by atoms with Crippen LogP contribution in [0.1, 0.15) is 40.5 Å². The number of hydrogen-bond donors (Lipinski definition) is 1. The first-order chi connectivity index (χ1) is 7.00. The van der Waals surface area contributed by atoms with Crippen molar-refractivity contribution in [2.24, 2.45) is 11.8 Å². The van der Waals surface area contributed by atoms with Crippen molar-refractivity contribution < 1.29 is 0 Å². The van der Waals surface area contributed by atoms with Gasteiger partial charge in [-0.2, -0.15) is 0 Å². The Hall–Kier alpha value is -0.0800. The van der Waals surface area contributed by atoms with Crippen LogP contribution < -0.4 is 5.32 Å². The van der Waals surface area contributed by atoms with Crippen LogP contribution in [0.5, 0.6) is 0 Å². The Labute approximate surface area is 95.4 Å². The largest absolute Gasteiger partial charge is 0.314 e. The maximum atomic E-state index is 3.48. The van der Waals surface area contributed by atoms with E-state index in [0.717, 1.165) is 18.4 Å². The van der Waals surface area contributed by atoms with E-state index in [1.54, 1.807) is 0 Å². The average molecular weight is 212 g/mol. The standard InChI is InChI=1S/C13H28N2/c1-10(2)14-7-6-12(4)15(5)9-13-8-11(13)3/h10-14H,6-9H2,1-5H3. The van der Waals surface area contributed by atoms with Crippen molar-refractivity contribution in [2.75, 3.05) is 20.1 Å². The van der Waals surface area contributed by atoms with Crippen LogP contribution in [0.3, 0.4) is 0 Å². The first kappa shape index (κ1) is 13.0. The van der Waals surface area contributed by atoms with Crippen LogP contribution in [0.4, 0.5) is 0 Å². The molecular weight excluding hydrogens is 184 g/mol. The lowest BCUT2D eigenvalue weighted by Gasteiger charge is -2.25. The summed E-state index contributed by atoms with van der Waals surface area (Å²) >= 11 is 0. The summed E-state index contributed by atoms with van der Waals surface area (Å²) in [6, 6.07) is 1.33. The molecule has 0 heterocycles. The Kier molecular flexibility index (Phi) is 5.07. The van der Waals surface area contributed by atoms with Crippen molar-refractivity contribution >= 4 is 0 Å². The Morgan fingerprint density at radius 2 is 1.93 bits per heavy atom. The second-order valence-corrected chi connectivity index (χ2v) is 5.66. The summed E-state index contributed by atoms with van der Waals surface area (Å²) in [7, 11) is 2.27. The third-order valence-corrected chi connectivity index (χ3v) is 3.67. The van der Waals surface area contributed by atoms with Crippen molar-refractivity contribution in [1.29, 1.82) is 0 Å². The molecule has 1 N–H and O–H groups in total. The van der Waals surface area contributed by atoms with Crippen molar-refractivity contribution in [3.63, 3.8) is 0 Å². The molecule has 2 heteroatoms. The smallest absolute Gasteiger partial charge is 0.00760 e. The molecule has 1 saturated carbocycles. The van der Waals surface area contributed by atoms with Gasteiger partial charge in [0.05, 0.1) is 0 Å². The molecular formula is C13H28N2. The summed E-state index contributed by atoms with van der Waals surface area (Å²) in [6.45, 7) is 11.6. The Morgan fingerprint density at radius 1 is 1.33 bits per heavy atom. The Bertz CT molecular complexity index is 179. The van der Waals surface area contributed by atoms with Crippen molar-refractivity contribution in [2.45, 2.75) is 52.6 Å². The van der Waals surface area contributed by atoms with Gasteiger partial charge in [0.1, 0.15) is 0 Å². The molecule has 1 aliphatic carbocycles. The fourth-order valence-electron chi connectivity index (χ4n) is 2.00. The predicted octanol–water partition coefficient (Wildman–Crippen LogP) is 2.35. The molecule has 2 nitrogen and oxygen atoms in total. The molecule has 3 atom stereocenters. The molecule has 0 radical (unpaired) electrons. The van der Waals surface area contributed by atoms with E-state index >= 15 is 0 Å². The molecule has 0 spiro atoms. The molecule has 0 aromatic carbocycles. The van der Waals surface area contributed by atoms with Gasteiger partial charge in [0, 0.05) is 18.6 Å². The monoisotopic (exact) mass is 212 g/mol. The Morgan fingerprint density at radius 3 is 2.40 bits per heavy atom. The number of hydrogen-bond acceptors (Lipinski definition) is 2. The van der Waals surface area contributed by atoms with Gasteiger partial charge in [0.15, 0.2) is 0 Å². The van der Waals surface area contributed by atoms with Gasteiger partial charge in [-0.25, -0.2) is 0 Å².